The molecule has 1 saturated heterocycles. The molecule has 1 fully saturated rings. The third kappa shape index (κ3) is 8.49. The van der Waals surface area contributed by atoms with Crippen molar-refractivity contribution in [3.8, 4) is 0 Å². The van der Waals surface area contributed by atoms with Crippen molar-refractivity contribution >= 4 is 45.8 Å². The summed E-state index contributed by atoms with van der Waals surface area (Å²) in [5, 5.41) is 9.10. The summed E-state index contributed by atoms with van der Waals surface area (Å²) in [4.78, 5) is 58.8. The van der Waals surface area contributed by atoms with Crippen LogP contribution in [0.3, 0.4) is 0 Å². The molecule has 1 N–H and O–H groups in total. The van der Waals surface area contributed by atoms with Crippen LogP contribution < -0.4 is 0 Å². The lowest BCUT2D eigenvalue weighted by atomic mass is 9.98. The molecule has 34 heavy (non-hydrogen) atoms. The Morgan fingerprint density at radius 2 is 1.38 bits per heavy atom. The first kappa shape index (κ1) is 29.7. The molecule has 0 spiro atoms. The molecule has 0 aliphatic carbocycles. The zero-order valence-electron chi connectivity index (χ0n) is 19.6. The molecule has 0 aromatic rings. The minimum atomic E-state index is -2.23. The first-order chi connectivity index (χ1) is 15.7. The summed E-state index contributed by atoms with van der Waals surface area (Å²) in [6, 6.07) is 0. The fourth-order valence-corrected chi connectivity index (χ4v) is 3.32. The third-order valence-electron chi connectivity index (χ3n) is 4.33. The molecule has 0 unspecified atom stereocenters. The second kappa shape index (κ2) is 13.0. The van der Waals surface area contributed by atoms with Crippen molar-refractivity contribution in [3.05, 3.63) is 0 Å². The summed E-state index contributed by atoms with van der Waals surface area (Å²) in [7, 11) is 0. The highest BCUT2D eigenvalue weighted by molar-refractivity contribution is 9.09. The second-order valence-corrected chi connectivity index (χ2v) is 8.22. The zero-order chi connectivity index (χ0) is 26.2. The van der Waals surface area contributed by atoms with Crippen LogP contribution in [0.2, 0.25) is 0 Å². The van der Waals surface area contributed by atoms with E-state index in [4.69, 9.17) is 33.2 Å². The highest BCUT2D eigenvalue weighted by Gasteiger charge is 2.54. The van der Waals surface area contributed by atoms with Crippen LogP contribution in [0.15, 0.2) is 0 Å². The SMILES string of the molecule is CCOC(=O)[C@](C)(O)[C@@H](Br)O[C@@H]1O[C@H](COC(C)=O)[C@@H](OC(C)=O)[C@H](OC(C)=O)[C@H]1OC(C)=O. The van der Waals surface area contributed by atoms with Crippen molar-refractivity contribution in [2.45, 2.75) is 82.9 Å². The van der Waals surface area contributed by atoms with Crippen LogP contribution in [0.4, 0.5) is 0 Å². The summed E-state index contributed by atoms with van der Waals surface area (Å²) in [6.45, 7) is 6.52. The molecule has 0 radical (unpaired) electrons. The van der Waals surface area contributed by atoms with Crippen molar-refractivity contribution in [1.29, 1.82) is 0 Å². The van der Waals surface area contributed by atoms with Crippen LogP contribution in [-0.4, -0.2) is 89.5 Å². The molecule has 7 atom stereocenters. The topological polar surface area (TPSA) is 170 Å². The molecule has 194 valence electrons. The number of hydrogen-bond donors (Lipinski definition) is 1. The van der Waals surface area contributed by atoms with E-state index in [1.165, 1.54) is 6.92 Å². The van der Waals surface area contributed by atoms with Crippen LogP contribution >= 0.6 is 15.9 Å². The van der Waals surface area contributed by atoms with Crippen molar-refractivity contribution < 1.29 is 62.2 Å². The molecular formula is C20H29BrO13. The van der Waals surface area contributed by atoms with Crippen molar-refractivity contribution in [2.75, 3.05) is 13.2 Å². The quantitative estimate of drug-likeness (QED) is 0.219. The number of ether oxygens (including phenoxy) is 7. The van der Waals surface area contributed by atoms with Crippen molar-refractivity contribution in [3.63, 3.8) is 0 Å². The standard InChI is InChI=1S/C20H29BrO13/c1-7-28-19(26)20(6,27)18(21)34-17-16(32-12(5)25)15(31-11(4)24)14(30-10(3)23)13(33-17)8-29-9(2)22/h13-18,27H,7-8H2,1-6H3/t13-,14-,15+,16-,17+,18+,20-/m1/s1. The predicted molar refractivity (Wildman–Crippen MR) is 113 cm³/mol. The van der Waals surface area contributed by atoms with Gasteiger partial charge in [-0.3, -0.25) is 19.2 Å². The van der Waals surface area contributed by atoms with Crippen LogP contribution in [0.25, 0.3) is 0 Å². The van der Waals surface area contributed by atoms with Gasteiger partial charge in [-0.15, -0.1) is 0 Å². The minimum Gasteiger partial charge on any atom is -0.464 e. The summed E-state index contributed by atoms with van der Waals surface area (Å²) in [5.41, 5.74) is -2.23. The smallest absolute Gasteiger partial charge is 0.341 e. The van der Waals surface area contributed by atoms with Gasteiger partial charge in [0.2, 0.25) is 6.29 Å². The third-order valence-corrected chi connectivity index (χ3v) is 5.44. The Morgan fingerprint density at radius 1 is 0.882 bits per heavy atom. The Balaban J connectivity index is 3.40. The summed E-state index contributed by atoms with van der Waals surface area (Å²) >= 11 is 3.04. The van der Waals surface area contributed by atoms with E-state index >= 15 is 0 Å². The molecule has 0 aromatic carbocycles. The van der Waals surface area contributed by atoms with Crippen LogP contribution in [0.5, 0.6) is 0 Å². The maximum absolute atomic E-state index is 12.1. The molecular weight excluding hydrogens is 528 g/mol. The number of hydrogen-bond acceptors (Lipinski definition) is 13. The molecule has 0 saturated carbocycles. The summed E-state index contributed by atoms with van der Waals surface area (Å²) < 4.78 is 36.9. The number of esters is 5. The second-order valence-electron chi connectivity index (χ2n) is 7.39. The lowest BCUT2D eigenvalue weighted by molar-refractivity contribution is -0.316. The Morgan fingerprint density at radius 3 is 1.85 bits per heavy atom. The molecule has 0 bridgehead atoms. The van der Waals surface area contributed by atoms with E-state index in [0.717, 1.165) is 34.6 Å². The molecule has 13 nitrogen and oxygen atoms in total. The largest absolute Gasteiger partial charge is 0.464 e. The Kier molecular flexibility index (Phi) is 11.3. The number of rotatable bonds is 10. The average Bonchev–Trinajstić information content (AvgIpc) is 2.69. The predicted octanol–water partition coefficient (Wildman–Crippen LogP) is 0.121. The van der Waals surface area contributed by atoms with E-state index < -0.39 is 77.8 Å². The number of carbonyl (C=O) groups is 5. The van der Waals surface area contributed by atoms with Crippen LogP contribution in [0.1, 0.15) is 41.5 Å². The fourth-order valence-electron chi connectivity index (χ4n) is 2.92. The maximum Gasteiger partial charge on any atom is 0.341 e. The summed E-state index contributed by atoms with van der Waals surface area (Å²) in [5.74, 6) is -4.15. The Bertz CT molecular complexity index is 768. The lowest BCUT2D eigenvalue weighted by Crippen LogP contribution is -2.64. The van der Waals surface area contributed by atoms with Crippen molar-refractivity contribution in [2.24, 2.45) is 0 Å². The normalized spacial score (nSPS) is 26.9. The maximum atomic E-state index is 12.1. The van der Waals surface area contributed by atoms with Gasteiger partial charge in [-0.25, -0.2) is 4.79 Å². The Labute approximate surface area is 204 Å². The highest BCUT2D eigenvalue weighted by Crippen LogP contribution is 2.33. The highest BCUT2D eigenvalue weighted by atomic mass is 79.9. The number of halogens is 1. The molecule has 0 amide bonds. The average molecular weight is 557 g/mol. The fraction of sp³-hybridized carbons (Fsp3) is 0.750. The van der Waals surface area contributed by atoms with E-state index in [0.29, 0.717) is 0 Å². The van der Waals surface area contributed by atoms with Gasteiger partial charge in [0.25, 0.3) is 0 Å². The van der Waals surface area contributed by atoms with Crippen LogP contribution in [0, 0.1) is 0 Å². The first-order valence-electron chi connectivity index (χ1n) is 10.2. The summed E-state index contributed by atoms with van der Waals surface area (Å²) in [6.07, 6.45) is -7.19. The molecule has 1 aliphatic heterocycles. The number of aliphatic hydroxyl groups is 1. The van der Waals surface area contributed by atoms with Gasteiger partial charge >= 0.3 is 29.8 Å². The zero-order valence-corrected chi connectivity index (χ0v) is 21.2. The van der Waals surface area contributed by atoms with Crippen molar-refractivity contribution in [1.82, 2.24) is 0 Å². The number of alkyl halides is 1. The minimum absolute atomic E-state index is 0.0201. The van der Waals surface area contributed by atoms with E-state index in [2.05, 4.69) is 15.9 Å². The monoisotopic (exact) mass is 556 g/mol. The van der Waals surface area contributed by atoms with Gasteiger partial charge in [-0.2, -0.15) is 0 Å². The number of carbonyl (C=O) groups excluding carboxylic acids is 5. The van der Waals surface area contributed by atoms with Gasteiger partial charge in [0.15, 0.2) is 28.9 Å². The molecule has 1 rings (SSSR count). The van der Waals surface area contributed by atoms with E-state index in [1.807, 2.05) is 0 Å². The van der Waals surface area contributed by atoms with Gasteiger partial charge in [0, 0.05) is 27.7 Å². The van der Waals surface area contributed by atoms with Gasteiger partial charge in [0.05, 0.1) is 6.61 Å². The van der Waals surface area contributed by atoms with E-state index in [1.54, 1.807) is 0 Å². The van der Waals surface area contributed by atoms with Gasteiger partial charge in [-0.1, -0.05) is 15.9 Å². The molecule has 1 aliphatic rings. The lowest BCUT2D eigenvalue weighted by Gasteiger charge is -2.45. The Hall–Kier alpha value is -2.29. The van der Waals surface area contributed by atoms with E-state index in [9.17, 15) is 29.1 Å². The van der Waals surface area contributed by atoms with Gasteiger partial charge < -0.3 is 38.3 Å². The first-order valence-corrected chi connectivity index (χ1v) is 11.1. The molecule has 1 heterocycles. The molecule has 0 aromatic heterocycles. The van der Waals surface area contributed by atoms with Gasteiger partial charge in [0.1, 0.15) is 12.7 Å². The van der Waals surface area contributed by atoms with E-state index in [-0.39, 0.29) is 6.61 Å². The van der Waals surface area contributed by atoms with Crippen LogP contribution in [-0.2, 0) is 57.1 Å². The molecule has 14 heteroatoms. The van der Waals surface area contributed by atoms with Gasteiger partial charge in [-0.05, 0) is 13.8 Å².